The quantitative estimate of drug-likeness (QED) is 0.176. The third kappa shape index (κ3) is 4.39. The molecule has 2 aromatic heterocycles. The molecular formula is C51H41N3. The Morgan fingerprint density at radius 3 is 2.00 bits per heavy atom. The van der Waals surface area contributed by atoms with Crippen LogP contribution in [0.5, 0.6) is 0 Å². The molecule has 1 atom stereocenters. The summed E-state index contributed by atoms with van der Waals surface area (Å²) in [5.41, 5.74) is 18.1. The van der Waals surface area contributed by atoms with Gasteiger partial charge in [0, 0.05) is 49.5 Å². The summed E-state index contributed by atoms with van der Waals surface area (Å²) in [4.78, 5) is 5.75. The van der Waals surface area contributed by atoms with Crippen molar-refractivity contribution in [2.45, 2.75) is 51.5 Å². The van der Waals surface area contributed by atoms with Crippen molar-refractivity contribution < 1.29 is 0 Å². The Morgan fingerprint density at radius 2 is 1.22 bits per heavy atom. The zero-order valence-corrected chi connectivity index (χ0v) is 31.0. The topological polar surface area (TPSA) is 22.2 Å². The van der Waals surface area contributed by atoms with E-state index in [1.807, 2.05) is 0 Å². The predicted octanol–water partition coefficient (Wildman–Crippen LogP) is 13.0. The Labute approximate surface area is 315 Å². The number of hydrogen-bond donors (Lipinski definition) is 0. The molecule has 1 aliphatic heterocycles. The molecule has 11 rings (SSSR count). The fourth-order valence-corrected chi connectivity index (χ4v) is 9.95. The molecular weight excluding hydrogens is 655 g/mol. The second-order valence-corrected chi connectivity index (χ2v) is 15.8. The zero-order valence-electron chi connectivity index (χ0n) is 31.0. The number of para-hydroxylation sites is 3. The molecule has 6 aromatic carbocycles. The highest BCUT2D eigenvalue weighted by molar-refractivity contribution is 6.20. The molecule has 0 N–H and O–H groups in total. The second-order valence-electron chi connectivity index (χ2n) is 15.8. The first-order valence-electron chi connectivity index (χ1n) is 19.4. The molecule has 0 spiro atoms. The minimum absolute atomic E-state index is 0.0238. The Morgan fingerprint density at radius 1 is 0.593 bits per heavy atom. The van der Waals surface area contributed by atoms with E-state index in [9.17, 15) is 0 Å². The van der Waals surface area contributed by atoms with E-state index in [0.29, 0.717) is 0 Å². The Kier molecular flexibility index (Phi) is 6.77. The van der Waals surface area contributed by atoms with E-state index in [0.717, 1.165) is 19.3 Å². The molecule has 3 heterocycles. The van der Waals surface area contributed by atoms with E-state index in [4.69, 9.17) is 4.99 Å². The standard InChI is InChI=1S/C51H41N3/c1-32-28-29-44(37-22-15-24-42-49(37)36-20-7-11-23-41(36)51(42,2)3)52-43-25-12-8-21-38(43)50(32)54-46-27-14-10-19-35(46)40-30-47-39(31-48(40)54)34-18-9-13-26-45(34)53(47)33-16-5-4-6-17-33/h4-24,26-27,30-31,43H,25,28-29H2,1-3H3/b50-32-,52-44+. The minimum atomic E-state index is -0.0406. The molecule has 0 fully saturated rings. The van der Waals surface area contributed by atoms with Crippen molar-refractivity contribution in [2.75, 3.05) is 0 Å². The molecule has 0 amide bonds. The van der Waals surface area contributed by atoms with Gasteiger partial charge in [-0.15, -0.1) is 0 Å². The van der Waals surface area contributed by atoms with Gasteiger partial charge in [-0.1, -0.05) is 129 Å². The summed E-state index contributed by atoms with van der Waals surface area (Å²) in [6.07, 6.45) is 9.59. The SMILES string of the molecule is C/C1=C(/n2c3ccccc3c3cc4c(cc32)c2ccccc2n4-c2ccccc2)C2=CC=CCC2/N=C(/c2cccc3c2-c2ccccc2C3(C)C)CC1. The maximum absolute atomic E-state index is 5.75. The fourth-order valence-electron chi connectivity index (χ4n) is 9.95. The summed E-state index contributed by atoms with van der Waals surface area (Å²) in [6.45, 7) is 7.10. The zero-order chi connectivity index (χ0) is 36.1. The molecule has 2 aliphatic carbocycles. The van der Waals surface area contributed by atoms with Gasteiger partial charge in [0.25, 0.3) is 0 Å². The third-order valence-corrected chi connectivity index (χ3v) is 12.5. The van der Waals surface area contributed by atoms with Crippen molar-refractivity contribution in [1.29, 1.82) is 0 Å². The fraction of sp³-hybridized carbons (Fsp3) is 0.157. The highest BCUT2D eigenvalue weighted by atomic mass is 15.0. The summed E-state index contributed by atoms with van der Waals surface area (Å²) >= 11 is 0. The molecule has 3 nitrogen and oxygen atoms in total. The average Bonchev–Trinajstić information content (AvgIpc) is 3.79. The number of allylic oxidation sites excluding steroid dienone is 3. The summed E-state index contributed by atoms with van der Waals surface area (Å²) in [6, 6.07) is 49.4. The van der Waals surface area contributed by atoms with Crippen LogP contribution in [0.3, 0.4) is 0 Å². The minimum Gasteiger partial charge on any atom is -0.309 e. The number of aromatic nitrogens is 2. The van der Waals surface area contributed by atoms with Crippen LogP contribution in [0.15, 0.2) is 168 Å². The maximum atomic E-state index is 5.75. The summed E-state index contributed by atoms with van der Waals surface area (Å²) in [7, 11) is 0. The largest absolute Gasteiger partial charge is 0.309 e. The van der Waals surface area contributed by atoms with Crippen molar-refractivity contribution in [3.05, 3.63) is 180 Å². The van der Waals surface area contributed by atoms with Gasteiger partial charge in [-0.2, -0.15) is 0 Å². The van der Waals surface area contributed by atoms with Crippen LogP contribution in [0.25, 0.3) is 66.1 Å². The summed E-state index contributed by atoms with van der Waals surface area (Å²) in [5.74, 6) is 0. The van der Waals surface area contributed by atoms with E-state index in [-0.39, 0.29) is 11.5 Å². The van der Waals surface area contributed by atoms with Gasteiger partial charge in [0.05, 0.1) is 33.8 Å². The van der Waals surface area contributed by atoms with Crippen LogP contribution in [0.4, 0.5) is 0 Å². The van der Waals surface area contributed by atoms with Gasteiger partial charge in [-0.25, -0.2) is 0 Å². The van der Waals surface area contributed by atoms with Gasteiger partial charge >= 0.3 is 0 Å². The number of nitrogens with zero attached hydrogens (tertiary/aromatic N) is 3. The highest BCUT2D eigenvalue weighted by Gasteiger charge is 2.37. The van der Waals surface area contributed by atoms with E-state index >= 15 is 0 Å². The molecule has 3 aliphatic rings. The number of benzene rings is 6. The predicted molar refractivity (Wildman–Crippen MR) is 228 cm³/mol. The van der Waals surface area contributed by atoms with Crippen LogP contribution in [0, 0.1) is 0 Å². The van der Waals surface area contributed by atoms with Gasteiger partial charge in [0.1, 0.15) is 0 Å². The van der Waals surface area contributed by atoms with Crippen LogP contribution >= 0.6 is 0 Å². The van der Waals surface area contributed by atoms with Crippen molar-refractivity contribution in [3.8, 4) is 16.8 Å². The molecule has 1 unspecified atom stereocenters. The van der Waals surface area contributed by atoms with Crippen LogP contribution in [-0.2, 0) is 5.41 Å². The van der Waals surface area contributed by atoms with E-state index in [1.54, 1.807) is 0 Å². The van der Waals surface area contributed by atoms with Crippen LogP contribution in [-0.4, -0.2) is 20.9 Å². The third-order valence-electron chi connectivity index (χ3n) is 12.5. The maximum Gasteiger partial charge on any atom is 0.0807 e. The molecule has 0 radical (unpaired) electrons. The van der Waals surface area contributed by atoms with Crippen LogP contribution in [0.1, 0.15) is 56.7 Å². The molecule has 3 heteroatoms. The lowest BCUT2D eigenvalue weighted by atomic mass is 9.82. The van der Waals surface area contributed by atoms with Gasteiger partial charge < -0.3 is 9.13 Å². The molecule has 0 saturated heterocycles. The normalized spacial score (nSPS) is 20.0. The lowest BCUT2D eigenvalue weighted by molar-refractivity contribution is 0.660. The number of aliphatic imine (C=N–C) groups is 1. The van der Waals surface area contributed by atoms with Gasteiger partial charge in [-0.05, 0) is 90.4 Å². The van der Waals surface area contributed by atoms with Gasteiger partial charge in [-0.3, -0.25) is 4.99 Å². The van der Waals surface area contributed by atoms with Crippen molar-refractivity contribution in [2.24, 2.45) is 4.99 Å². The Bertz CT molecular complexity index is 2990. The Hall–Kier alpha value is -6.19. The first kappa shape index (κ1) is 31.3. The number of hydrogen-bond acceptors (Lipinski definition) is 1. The number of rotatable bonds is 3. The van der Waals surface area contributed by atoms with E-state index in [2.05, 4.69) is 182 Å². The van der Waals surface area contributed by atoms with Gasteiger partial charge in [0.2, 0.25) is 0 Å². The molecule has 54 heavy (non-hydrogen) atoms. The smallest absolute Gasteiger partial charge is 0.0807 e. The van der Waals surface area contributed by atoms with E-state index in [1.165, 1.54) is 99.7 Å². The monoisotopic (exact) mass is 695 g/mol. The highest BCUT2D eigenvalue weighted by Crippen LogP contribution is 2.51. The summed E-state index contributed by atoms with van der Waals surface area (Å²) in [5, 5.41) is 5.08. The Balaban J connectivity index is 1.13. The van der Waals surface area contributed by atoms with Gasteiger partial charge in [0.15, 0.2) is 0 Å². The lowest BCUT2D eigenvalue weighted by Crippen LogP contribution is -2.21. The first-order chi connectivity index (χ1) is 26.5. The number of fused-ring (bicyclic) bond motifs is 10. The molecule has 260 valence electrons. The first-order valence-corrected chi connectivity index (χ1v) is 19.4. The molecule has 8 aromatic rings. The van der Waals surface area contributed by atoms with E-state index < -0.39 is 0 Å². The van der Waals surface area contributed by atoms with Crippen molar-refractivity contribution in [3.63, 3.8) is 0 Å². The average molecular weight is 696 g/mol. The van der Waals surface area contributed by atoms with Crippen LogP contribution in [0.2, 0.25) is 0 Å². The van der Waals surface area contributed by atoms with Crippen LogP contribution < -0.4 is 0 Å². The van der Waals surface area contributed by atoms with Crippen molar-refractivity contribution in [1.82, 2.24) is 9.13 Å². The second kappa shape index (κ2) is 11.7. The lowest BCUT2D eigenvalue weighted by Gasteiger charge is -2.29. The molecule has 0 bridgehead atoms. The molecule has 0 saturated carbocycles. The summed E-state index contributed by atoms with van der Waals surface area (Å²) < 4.78 is 5.00. The van der Waals surface area contributed by atoms with Crippen molar-refractivity contribution >= 4 is 55.0 Å².